The number of nitrogen functional groups attached to an aromatic ring is 1. The van der Waals surface area contributed by atoms with Crippen LogP contribution in [0.25, 0.3) is 0 Å². The molecule has 0 unspecified atom stereocenters. The second-order valence-electron chi connectivity index (χ2n) is 4.94. The summed E-state index contributed by atoms with van der Waals surface area (Å²) in [5.74, 6) is 0.999. The van der Waals surface area contributed by atoms with E-state index in [4.69, 9.17) is 5.73 Å². The molecular formula is C14H18N4O2S2. The van der Waals surface area contributed by atoms with Crippen molar-refractivity contribution in [2.24, 2.45) is 0 Å². The molecule has 0 radical (unpaired) electrons. The number of nitrogens with two attached hydrogens (primary N) is 1. The van der Waals surface area contributed by atoms with Crippen LogP contribution in [0.2, 0.25) is 0 Å². The van der Waals surface area contributed by atoms with E-state index in [0.29, 0.717) is 16.7 Å². The molecule has 2 aromatic rings. The van der Waals surface area contributed by atoms with Gasteiger partial charge in [0.25, 0.3) is 0 Å². The van der Waals surface area contributed by atoms with Crippen LogP contribution in [-0.4, -0.2) is 36.8 Å². The maximum Gasteiger partial charge on any atom is 0.242 e. The van der Waals surface area contributed by atoms with Gasteiger partial charge in [-0.3, -0.25) is 0 Å². The lowest BCUT2D eigenvalue weighted by Crippen LogP contribution is -2.22. The van der Waals surface area contributed by atoms with Crippen molar-refractivity contribution in [1.29, 1.82) is 0 Å². The van der Waals surface area contributed by atoms with E-state index in [1.165, 1.54) is 30.2 Å². The molecule has 0 aliphatic rings. The third-order valence-corrected chi connectivity index (χ3v) is 5.63. The second kappa shape index (κ2) is 6.64. The Bertz CT molecular complexity index is 756. The number of aromatic nitrogens is 2. The number of hydrogen-bond donors (Lipinski definition) is 1. The molecule has 1 heterocycles. The highest BCUT2D eigenvalue weighted by atomic mass is 32.2. The average Bonchev–Trinajstić information content (AvgIpc) is 2.44. The predicted molar refractivity (Wildman–Crippen MR) is 88.1 cm³/mol. The minimum Gasteiger partial charge on any atom is -0.384 e. The van der Waals surface area contributed by atoms with E-state index in [2.05, 4.69) is 9.97 Å². The summed E-state index contributed by atoms with van der Waals surface area (Å²) in [4.78, 5) is 8.72. The molecule has 1 aromatic carbocycles. The summed E-state index contributed by atoms with van der Waals surface area (Å²) in [6.07, 6.45) is 0. The Balaban J connectivity index is 2.18. The lowest BCUT2D eigenvalue weighted by atomic mass is 10.2. The van der Waals surface area contributed by atoms with Crippen molar-refractivity contribution in [3.05, 3.63) is 41.6 Å². The normalized spacial score (nSPS) is 11.8. The number of hydrogen-bond acceptors (Lipinski definition) is 6. The highest BCUT2D eigenvalue weighted by Crippen LogP contribution is 2.23. The number of sulfonamides is 1. The molecule has 22 heavy (non-hydrogen) atoms. The van der Waals surface area contributed by atoms with Crippen molar-refractivity contribution in [3.63, 3.8) is 0 Å². The van der Waals surface area contributed by atoms with Crippen LogP contribution in [0.15, 0.2) is 40.4 Å². The molecule has 0 saturated heterocycles. The number of benzene rings is 1. The minimum atomic E-state index is -3.42. The molecule has 2 N–H and O–H groups in total. The topological polar surface area (TPSA) is 89.2 Å². The summed E-state index contributed by atoms with van der Waals surface area (Å²) in [5, 5.41) is 0.582. The molecule has 0 bridgehead atoms. The van der Waals surface area contributed by atoms with Gasteiger partial charge in [0.15, 0.2) is 5.16 Å². The Morgan fingerprint density at radius 3 is 2.59 bits per heavy atom. The fourth-order valence-electron chi connectivity index (χ4n) is 1.78. The molecule has 0 spiro atoms. The van der Waals surface area contributed by atoms with E-state index < -0.39 is 10.0 Å². The van der Waals surface area contributed by atoms with Crippen molar-refractivity contribution in [3.8, 4) is 0 Å². The van der Waals surface area contributed by atoms with Crippen LogP contribution in [-0.2, 0) is 15.8 Å². The molecule has 0 atom stereocenters. The van der Waals surface area contributed by atoms with Crippen LogP contribution < -0.4 is 5.73 Å². The van der Waals surface area contributed by atoms with Gasteiger partial charge < -0.3 is 5.73 Å². The van der Waals surface area contributed by atoms with E-state index in [1.54, 1.807) is 24.3 Å². The molecule has 0 aliphatic carbocycles. The molecule has 1 aromatic heterocycles. The van der Waals surface area contributed by atoms with Crippen molar-refractivity contribution in [2.75, 3.05) is 19.8 Å². The molecule has 0 saturated carbocycles. The van der Waals surface area contributed by atoms with Crippen molar-refractivity contribution >= 4 is 27.6 Å². The van der Waals surface area contributed by atoms with Crippen LogP contribution in [0.1, 0.15) is 11.3 Å². The first-order valence-corrected chi connectivity index (χ1v) is 8.97. The summed E-state index contributed by atoms with van der Waals surface area (Å²) in [5.41, 5.74) is 7.38. The zero-order valence-electron chi connectivity index (χ0n) is 12.6. The summed E-state index contributed by atoms with van der Waals surface area (Å²) < 4.78 is 25.4. The van der Waals surface area contributed by atoms with Gasteiger partial charge in [-0.2, -0.15) is 0 Å². The molecule has 118 valence electrons. The first kappa shape index (κ1) is 16.7. The number of nitrogens with zero attached hydrogens (tertiary/aromatic N) is 3. The van der Waals surface area contributed by atoms with Crippen molar-refractivity contribution in [2.45, 2.75) is 22.7 Å². The summed E-state index contributed by atoms with van der Waals surface area (Å²) >= 11 is 1.42. The van der Waals surface area contributed by atoms with E-state index in [0.717, 1.165) is 11.3 Å². The van der Waals surface area contributed by atoms with Crippen molar-refractivity contribution in [1.82, 2.24) is 14.3 Å². The van der Waals surface area contributed by atoms with E-state index >= 15 is 0 Å². The third kappa shape index (κ3) is 3.96. The number of thioether (sulfide) groups is 1. The standard InChI is InChI=1S/C14H18N4O2S2/c1-10-7-13(15)17-14(16-10)21-9-11-5-4-6-12(8-11)22(19,20)18(2)3/h4-8H,9H2,1-3H3,(H2,15,16,17). The fourth-order valence-corrected chi connectivity index (χ4v) is 3.61. The Kier molecular flexibility index (Phi) is 5.05. The van der Waals surface area contributed by atoms with Gasteiger partial charge in [-0.1, -0.05) is 23.9 Å². The number of rotatable bonds is 5. The summed E-state index contributed by atoms with van der Waals surface area (Å²) in [6, 6.07) is 8.57. The Labute approximate surface area is 134 Å². The molecular weight excluding hydrogens is 320 g/mol. The van der Waals surface area contributed by atoms with Gasteiger partial charge in [0.2, 0.25) is 10.0 Å². The quantitative estimate of drug-likeness (QED) is 0.662. The molecule has 2 rings (SSSR count). The van der Waals surface area contributed by atoms with Crippen LogP contribution in [0.5, 0.6) is 0 Å². The largest absolute Gasteiger partial charge is 0.384 e. The molecule has 0 amide bonds. The molecule has 0 fully saturated rings. The monoisotopic (exact) mass is 338 g/mol. The van der Waals surface area contributed by atoms with Crippen LogP contribution in [0, 0.1) is 6.92 Å². The van der Waals surface area contributed by atoms with Gasteiger partial charge in [0.1, 0.15) is 5.82 Å². The SMILES string of the molecule is Cc1cc(N)nc(SCc2cccc(S(=O)(=O)N(C)C)c2)n1. The van der Waals surface area contributed by atoms with Crippen molar-refractivity contribution < 1.29 is 8.42 Å². The van der Waals surface area contributed by atoms with E-state index in [1.807, 2.05) is 13.0 Å². The molecule has 0 aliphatic heterocycles. The molecule has 8 heteroatoms. The Hall–Kier alpha value is -1.64. The summed E-state index contributed by atoms with van der Waals surface area (Å²) in [7, 11) is -0.395. The van der Waals surface area contributed by atoms with Gasteiger partial charge in [-0.15, -0.1) is 0 Å². The number of aryl methyl sites for hydroxylation is 1. The number of anilines is 1. The first-order valence-electron chi connectivity index (χ1n) is 6.54. The van der Waals surface area contributed by atoms with Gasteiger partial charge >= 0.3 is 0 Å². The summed E-state index contributed by atoms with van der Waals surface area (Å²) in [6.45, 7) is 1.85. The Morgan fingerprint density at radius 2 is 1.95 bits per heavy atom. The molecule has 6 nitrogen and oxygen atoms in total. The smallest absolute Gasteiger partial charge is 0.242 e. The predicted octanol–water partition coefficient (Wildman–Crippen LogP) is 1.91. The van der Waals surface area contributed by atoms with E-state index in [-0.39, 0.29) is 4.90 Å². The lowest BCUT2D eigenvalue weighted by molar-refractivity contribution is 0.520. The second-order valence-corrected chi connectivity index (χ2v) is 8.03. The zero-order valence-corrected chi connectivity index (χ0v) is 14.3. The van der Waals surface area contributed by atoms with E-state index in [9.17, 15) is 8.42 Å². The highest BCUT2D eigenvalue weighted by molar-refractivity contribution is 7.98. The van der Waals surface area contributed by atoms with Gasteiger partial charge in [-0.25, -0.2) is 22.7 Å². The Morgan fingerprint density at radius 1 is 1.23 bits per heavy atom. The van der Waals surface area contributed by atoms with Crippen LogP contribution in [0.4, 0.5) is 5.82 Å². The maximum absolute atomic E-state index is 12.1. The van der Waals surface area contributed by atoms with Crippen LogP contribution >= 0.6 is 11.8 Å². The zero-order chi connectivity index (χ0) is 16.3. The first-order chi connectivity index (χ1) is 10.3. The third-order valence-electron chi connectivity index (χ3n) is 2.90. The maximum atomic E-state index is 12.1. The minimum absolute atomic E-state index is 0.278. The van der Waals surface area contributed by atoms with Gasteiger partial charge in [0, 0.05) is 31.6 Å². The van der Waals surface area contributed by atoms with Gasteiger partial charge in [-0.05, 0) is 24.6 Å². The lowest BCUT2D eigenvalue weighted by Gasteiger charge is -2.12. The van der Waals surface area contributed by atoms with Gasteiger partial charge in [0.05, 0.1) is 4.90 Å². The van der Waals surface area contributed by atoms with Crippen LogP contribution in [0.3, 0.4) is 0 Å². The highest BCUT2D eigenvalue weighted by Gasteiger charge is 2.17. The average molecular weight is 338 g/mol. The fraction of sp³-hybridized carbons (Fsp3) is 0.286.